The summed E-state index contributed by atoms with van der Waals surface area (Å²) in [6.07, 6.45) is 2.13. The minimum Gasteiger partial charge on any atom is -0.507 e. The van der Waals surface area contributed by atoms with Crippen LogP contribution in [0, 0.1) is 5.92 Å². The summed E-state index contributed by atoms with van der Waals surface area (Å²) in [6.45, 7) is 3.68. The number of carbonyl (C=O) groups is 1. The molecule has 3 nitrogen and oxygen atoms in total. The summed E-state index contributed by atoms with van der Waals surface area (Å²) in [4.78, 5) is 14.0. The van der Waals surface area contributed by atoms with Crippen LogP contribution >= 0.6 is 11.6 Å². The van der Waals surface area contributed by atoms with Gasteiger partial charge in [-0.1, -0.05) is 24.9 Å². The number of carbonyl (C=O) groups excluding carboxylic acids is 1. The number of likely N-dealkylation sites (tertiary alicyclic amines) is 1. The van der Waals surface area contributed by atoms with Gasteiger partial charge in [-0.05, 0) is 30.5 Å². The maximum atomic E-state index is 12.2. The first-order chi connectivity index (χ1) is 8.11. The molecule has 1 aromatic rings. The van der Waals surface area contributed by atoms with E-state index in [0.29, 0.717) is 16.5 Å². The van der Waals surface area contributed by atoms with Crippen LogP contribution in [-0.4, -0.2) is 29.0 Å². The van der Waals surface area contributed by atoms with E-state index in [9.17, 15) is 9.90 Å². The molecule has 92 valence electrons. The Labute approximate surface area is 106 Å². The van der Waals surface area contributed by atoms with Gasteiger partial charge in [-0.25, -0.2) is 0 Å². The fourth-order valence-electron chi connectivity index (χ4n) is 2.20. The van der Waals surface area contributed by atoms with E-state index in [1.807, 2.05) is 0 Å². The van der Waals surface area contributed by atoms with Crippen molar-refractivity contribution in [3.8, 4) is 5.75 Å². The Morgan fingerprint density at radius 2 is 2.35 bits per heavy atom. The Balaban J connectivity index is 2.17. The van der Waals surface area contributed by atoms with Crippen LogP contribution in [0.3, 0.4) is 0 Å². The van der Waals surface area contributed by atoms with Gasteiger partial charge in [-0.3, -0.25) is 4.79 Å². The minimum atomic E-state index is -0.124. The first-order valence-corrected chi connectivity index (χ1v) is 6.27. The van der Waals surface area contributed by atoms with Crippen LogP contribution in [-0.2, 0) is 0 Å². The van der Waals surface area contributed by atoms with Crippen LogP contribution in [0.25, 0.3) is 0 Å². The molecule has 0 radical (unpaired) electrons. The summed E-state index contributed by atoms with van der Waals surface area (Å²) in [7, 11) is 0. The summed E-state index contributed by atoms with van der Waals surface area (Å²) < 4.78 is 0. The number of phenols is 1. The summed E-state index contributed by atoms with van der Waals surface area (Å²) in [5.41, 5.74) is 0.300. The number of phenolic OH excluding ortho intramolecular Hbond substituents is 1. The van der Waals surface area contributed by atoms with Crippen LogP contribution in [0.15, 0.2) is 18.2 Å². The van der Waals surface area contributed by atoms with Gasteiger partial charge in [-0.2, -0.15) is 0 Å². The number of hydrogen-bond acceptors (Lipinski definition) is 2. The molecule has 1 unspecified atom stereocenters. The highest BCUT2D eigenvalue weighted by atomic mass is 35.5. The second kappa shape index (κ2) is 4.96. The molecule has 0 bridgehead atoms. The fraction of sp³-hybridized carbons (Fsp3) is 0.462. The van der Waals surface area contributed by atoms with Crippen LogP contribution in [0.4, 0.5) is 0 Å². The molecular weight excluding hydrogens is 238 g/mol. The van der Waals surface area contributed by atoms with E-state index in [-0.39, 0.29) is 11.7 Å². The van der Waals surface area contributed by atoms with E-state index in [0.717, 1.165) is 25.9 Å². The van der Waals surface area contributed by atoms with Crippen LogP contribution in [0.1, 0.15) is 30.1 Å². The zero-order chi connectivity index (χ0) is 12.4. The molecule has 0 aliphatic carbocycles. The number of halogens is 1. The largest absolute Gasteiger partial charge is 0.507 e. The highest BCUT2D eigenvalue weighted by molar-refractivity contribution is 6.31. The number of amides is 1. The van der Waals surface area contributed by atoms with Crippen molar-refractivity contribution in [2.45, 2.75) is 19.8 Å². The van der Waals surface area contributed by atoms with Crippen molar-refractivity contribution in [3.05, 3.63) is 28.8 Å². The highest BCUT2D eigenvalue weighted by Crippen LogP contribution is 2.26. The van der Waals surface area contributed by atoms with Crippen LogP contribution < -0.4 is 0 Å². The van der Waals surface area contributed by atoms with Crippen molar-refractivity contribution >= 4 is 17.5 Å². The second-order valence-electron chi connectivity index (χ2n) is 4.48. The molecule has 1 aliphatic heterocycles. The van der Waals surface area contributed by atoms with Gasteiger partial charge in [0.05, 0.1) is 5.56 Å². The lowest BCUT2D eigenvalue weighted by molar-refractivity contribution is 0.0784. The highest BCUT2D eigenvalue weighted by Gasteiger charge is 2.27. The van der Waals surface area contributed by atoms with Crippen LogP contribution in [0.5, 0.6) is 5.75 Å². The van der Waals surface area contributed by atoms with Crippen molar-refractivity contribution in [1.29, 1.82) is 0 Å². The zero-order valence-corrected chi connectivity index (χ0v) is 10.6. The molecule has 1 aromatic carbocycles. The molecule has 4 heteroatoms. The molecule has 1 atom stereocenters. The van der Waals surface area contributed by atoms with Gasteiger partial charge < -0.3 is 10.0 Å². The Hall–Kier alpha value is -1.22. The molecule has 1 saturated heterocycles. The topological polar surface area (TPSA) is 40.5 Å². The van der Waals surface area contributed by atoms with Crippen molar-refractivity contribution in [3.63, 3.8) is 0 Å². The number of hydrogen-bond donors (Lipinski definition) is 1. The van der Waals surface area contributed by atoms with Gasteiger partial charge in [-0.15, -0.1) is 0 Å². The second-order valence-corrected chi connectivity index (χ2v) is 4.91. The SMILES string of the molecule is CCC1CCN(C(=O)c2cc(Cl)ccc2O)C1. The number of nitrogens with zero attached hydrogens (tertiary/aromatic N) is 1. The standard InChI is InChI=1S/C13H16ClNO2/c1-2-9-5-6-15(8-9)13(17)11-7-10(14)3-4-12(11)16/h3-4,7,9,16H,2,5-6,8H2,1H3. The Morgan fingerprint density at radius 1 is 1.59 bits per heavy atom. The summed E-state index contributed by atoms with van der Waals surface area (Å²) in [5, 5.41) is 10.2. The van der Waals surface area contributed by atoms with E-state index >= 15 is 0 Å². The molecule has 0 aromatic heterocycles. The fourth-order valence-corrected chi connectivity index (χ4v) is 2.37. The summed E-state index contributed by atoms with van der Waals surface area (Å²) in [5.74, 6) is 0.459. The molecule has 17 heavy (non-hydrogen) atoms. The third kappa shape index (κ3) is 2.55. The first-order valence-electron chi connectivity index (χ1n) is 5.89. The smallest absolute Gasteiger partial charge is 0.257 e. The van der Waals surface area contributed by atoms with Gasteiger partial charge in [0, 0.05) is 18.1 Å². The molecule has 2 rings (SSSR count). The lowest BCUT2D eigenvalue weighted by Gasteiger charge is -2.17. The summed E-state index contributed by atoms with van der Waals surface area (Å²) in [6, 6.07) is 4.56. The molecule has 1 aliphatic rings. The third-order valence-corrected chi connectivity index (χ3v) is 3.57. The molecule has 1 fully saturated rings. The van der Waals surface area contributed by atoms with Gasteiger partial charge in [0.25, 0.3) is 5.91 Å². The quantitative estimate of drug-likeness (QED) is 0.880. The van der Waals surface area contributed by atoms with Crippen molar-refractivity contribution in [1.82, 2.24) is 4.90 Å². The summed E-state index contributed by atoms with van der Waals surface area (Å²) >= 11 is 5.84. The monoisotopic (exact) mass is 253 g/mol. The van der Waals surface area contributed by atoms with Crippen molar-refractivity contribution in [2.24, 2.45) is 5.92 Å². The average molecular weight is 254 g/mol. The lowest BCUT2D eigenvalue weighted by atomic mass is 10.1. The number of rotatable bonds is 2. The van der Waals surface area contributed by atoms with E-state index in [1.54, 1.807) is 11.0 Å². The Bertz CT molecular complexity index is 433. The number of benzene rings is 1. The Kier molecular flexibility index (Phi) is 3.57. The van der Waals surface area contributed by atoms with E-state index in [2.05, 4.69) is 6.92 Å². The predicted molar refractivity (Wildman–Crippen MR) is 67.4 cm³/mol. The minimum absolute atomic E-state index is 0.000603. The van der Waals surface area contributed by atoms with Gasteiger partial charge in [0.1, 0.15) is 5.75 Å². The van der Waals surface area contributed by atoms with Gasteiger partial charge >= 0.3 is 0 Å². The zero-order valence-electron chi connectivity index (χ0n) is 9.82. The molecular formula is C13H16ClNO2. The maximum absolute atomic E-state index is 12.2. The van der Waals surface area contributed by atoms with Crippen molar-refractivity contribution < 1.29 is 9.90 Å². The molecule has 1 N–H and O–H groups in total. The normalized spacial score (nSPS) is 19.6. The lowest BCUT2D eigenvalue weighted by Crippen LogP contribution is -2.28. The van der Waals surface area contributed by atoms with Gasteiger partial charge in [0.15, 0.2) is 0 Å². The molecule has 1 amide bonds. The molecule has 0 spiro atoms. The first kappa shape index (κ1) is 12.2. The van der Waals surface area contributed by atoms with E-state index in [4.69, 9.17) is 11.6 Å². The third-order valence-electron chi connectivity index (χ3n) is 3.34. The maximum Gasteiger partial charge on any atom is 0.257 e. The Morgan fingerprint density at radius 3 is 3.00 bits per heavy atom. The number of aromatic hydroxyl groups is 1. The molecule has 0 saturated carbocycles. The average Bonchev–Trinajstić information content (AvgIpc) is 2.80. The van der Waals surface area contributed by atoms with E-state index < -0.39 is 0 Å². The molecule has 1 heterocycles. The van der Waals surface area contributed by atoms with E-state index in [1.165, 1.54) is 12.1 Å². The van der Waals surface area contributed by atoms with Gasteiger partial charge in [0.2, 0.25) is 0 Å². The van der Waals surface area contributed by atoms with Crippen LogP contribution in [0.2, 0.25) is 5.02 Å². The van der Waals surface area contributed by atoms with Crippen molar-refractivity contribution in [2.75, 3.05) is 13.1 Å². The predicted octanol–water partition coefficient (Wildman–Crippen LogP) is 2.92.